The number of anilines is 2. The first kappa shape index (κ1) is 14.1. The number of hydrogen-bond acceptors (Lipinski definition) is 4. The largest absolute Gasteiger partial charge is 0.371 e. The molecule has 7 heteroatoms. The minimum atomic E-state index is -0.838. The SMILES string of the molecule is CCCNC(=O)CNc1nc(NC)c(F)cc1F. The van der Waals surface area contributed by atoms with Crippen molar-refractivity contribution in [2.24, 2.45) is 0 Å². The van der Waals surface area contributed by atoms with Crippen LogP contribution in [0.15, 0.2) is 6.07 Å². The van der Waals surface area contributed by atoms with Crippen LogP contribution in [0, 0.1) is 11.6 Å². The van der Waals surface area contributed by atoms with Gasteiger partial charge in [-0.2, -0.15) is 0 Å². The molecule has 100 valence electrons. The number of halogens is 2. The van der Waals surface area contributed by atoms with Gasteiger partial charge in [-0.05, 0) is 6.42 Å². The van der Waals surface area contributed by atoms with Gasteiger partial charge in [-0.3, -0.25) is 4.79 Å². The number of hydrogen-bond donors (Lipinski definition) is 3. The summed E-state index contributed by atoms with van der Waals surface area (Å²) in [5.41, 5.74) is 0. The molecule has 5 nitrogen and oxygen atoms in total. The third-order valence-electron chi connectivity index (χ3n) is 2.15. The zero-order valence-electron chi connectivity index (χ0n) is 10.3. The van der Waals surface area contributed by atoms with Crippen molar-refractivity contribution in [2.75, 3.05) is 30.8 Å². The van der Waals surface area contributed by atoms with Crippen molar-refractivity contribution >= 4 is 17.5 Å². The maximum absolute atomic E-state index is 13.3. The van der Waals surface area contributed by atoms with Crippen molar-refractivity contribution in [3.05, 3.63) is 17.7 Å². The Balaban J connectivity index is 2.64. The van der Waals surface area contributed by atoms with Crippen LogP contribution in [0.5, 0.6) is 0 Å². The van der Waals surface area contributed by atoms with E-state index in [0.717, 1.165) is 6.42 Å². The number of carbonyl (C=O) groups is 1. The smallest absolute Gasteiger partial charge is 0.239 e. The number of pyridine rings is 1. The van der Waals surface area contributed by atoms with Gasteiger partial charge in [0.1, 0.15) is 0 Å². The summed E-state index contributed by atoms with van der Waals surface area (Å²) in [5, 5.41) is 7.63. The minimum Gasteiger partial charge on any atom is -0.371 e. The summed E-state index contributed by atoms with van der Waals surface area (Å²) in [6.45, 7) is 2.37. The molecule has 1 heterocycles. The van der Waals surface area contributed by atoms with E-state index < -0.39 is 11.6 Å². The molecule has 0 aromatic carbocycles. The summed E-state index contributed by atoms with van der Waals surface area (Å²) in [5.74, 6) is -2.13. The number of nitrogens with one attached hydrogen (secondary N) is 3. The molecule has 0 fully saturated rings. The minimum absolute atomic E-state index is 0.0760. The van der Waals surface area contributed by atoms with Crippen molar-refractivity contribution in [2.45, 2.75) is 13.3 Å². The average molecular weight is 258 g/mol. The fraction of sp³-hybridized carbons (Fsp3) is 0.455. The lowest BCUT2D eigenvalue weighted by atomic mass is 10.4. The fourth-order valence-corrected chi connectivity index (χ4v) is 1.26. The van der Waals surface area contributed by atoms with Gasteiger partial charge in [0.2, 0.25) is 5.91 Å². The van der Waals surface area contributed by atoms with Crippen molar-refractivity contribution in [3.63, 3.8) is 0 Å². The topological polar surface area (TPSA) is 66.0 Å². The molecule has 0 unspecified atom stereocenters. The highest BCUT2D eigenvalue weighted by Crippen LogP contribution is 2.18. The first-order valence-corrected chi connectivity index (χ1v) is 5.62. The summed E-state index contributed by atoms with van der Waals surface area (Å²) in [7, 11) is 1.47. The van der Waals surface area contributed by atoms with Gasteiger partial charge in [-0.1, -0.05) is 6.92 Å². The number of nitrogens with zero attached hydrogens (tertiary/aromatic N) is 1. The fourth-order valence-electron chi connectivity index (χ4n) is 1.26. The Bertz CT molecular complexity index is 426. The lowest BCUT2D eigenvalue weighted by Gasteiger charge is -2.09. The molecular weight excluding hydrogens is 242 g/mol. The Labute approximate surface area is 104 Å². The van der Waals surface area contributed by atoms with Crippen LogP contribution in [-0.4, -0.2) is 31.0 Å². The normalized spacial score (nSPS) is 10.0. The van der Waals surface area contributed by atoms with Crippen LogP contribution in [0.1, 0.15) is 13.3 Å². The average Bonchev–Trinajstić information content (AvgIpc) is 2.35. The van der Waals surface area contributed by atoms with Gasteiger partial charge in [0.25, 0.3) is 0 Å². The Morgan fingerprint density at radius 3 is 2.61 bits per heavy atom. The second-order valence-corrected chi connectivity index (χ2v) is 3.60. The van der Waals surface area contributed by atoms with E-state index in [-0.39, 0.29) is 24.1 Å². The van der Waals surface area contributed by atoms with Gasteiger partial charge < -0.3 is 16.0 Å². The lowest BCUT2D eigenvalue weighted by Crippen LogP contribution is -2.30. The maximum Gasteiger partial charge on any atom is 0.239 e. The molecule has 1 aromatic heterocycles. The number of aromatic nitrogens is 1. The Hall–Kier alpha value is -1.92. The van der Waals surface area contributed by atoms with Crippen LogP contribution >= 0.6 is 0 Å². The first-order chi connectivity index (χ1) is 8.58. The van der Waals surface area contributed by atoms with Crippen LogP contribution < -0.4 is 16.0 Å². The Morgan fingerprint density at radius 1 is 1.33 bits per heavy atom. The van der Waals surface area contributed by atoms with E-state index >= 15 is 0 Å². The molecular formula is C11H16F2N4O. The van der Waals surface area contributed by atoms with E-state index in [1.54, 1.807) is 0 Å². The monoisotopic (exact) mass is 258 g/mol. The molecule has 0 radical (unpaired) electrons. The lowest BCUT2D eigenvalue weighted by molar-refractivity contribution is -0.119. The van der Waals surface area contributed by atoms with E-state index in [1.165, 1.54) is 7.05 Å². The molecule has 0 aliphatic rings. The van der Waals surface area contributed by atoms with E-state index in [4.69, 9.17) is 0 Å². The van der Waals surface area contributed by atoms with Gasteiger partial charge in [-0.25, -0.2) is 13.8 Å². The molecule has 1 aromatic rings. The van der Waals surface area contributed by atoms with Crippen molar-refractivity contribution < 1.29 is 13.6 Å². The van der Waals surface area contributed by atoms with E-state index in [2.05, 4.69) is 20.9 Å². The zero-order valence-corrected chi connectivity index (χ0v) is 10.3. The van der Waals surface area contributed by atoms with E-state index in [9.17, 15) is 13.6 Å². The molecule has 0 bridgehead atoms. The molecule has 0 saturated carbocycles. The molecule has 1 amide bonds. The summed E-state index contributed by atoms with van der Waals surface area (Å²) in [6, 6.07) is 0.713. The third-order valence-corrected chi connectivity index (χ3v) is 2.15. The maximum atomic E-state index is 13.3. The quantitative estimate of drug-likeness (QED) is 0.720. The van der Waals surface area contributed by atoms with Crippen LogP contribution in [0.25, 0.3) is 0 Å². The molecule has 3 N–H and O–H groups in total. The molecule has 0 aliphatic carbocycles. The Morgan fingerprint density at radius 2 is 2.00 bits per heavy atom. The molecule has 18 heavy (non-hydrogen) atoms. The van der Waals surface area contributed by atoms with E-state index in [1.807, 2.05) is 6.92 Å². The number of amides is 1. The summed E-state index contributed by atoms with van der Waals surface area (Å²) in [4.78, 5) is 15.0. The zero-order chi connectivity index (χ0) is 13.5. The second kappa shape index (κ2) is 6.73. The van der Waals surface area contributed by atoms with Crippen LogP contribution in [-0.2, 0) is 4.79 Å². The molecule has 0 atom stereocenters. The van der Waals surface area contributed by atoms with Gasteiger partial charge in [0.15, 0.2) is 23.3 Å². The summed E-state index contributed by atoms with van der Waals surface area (Å²) in [6.07, 6.45) is 0.818. The predicted molar refractivity (Wildman–Crippen MR) is 65.5 cm³/mol. The van der Waals surface area contributed by atoms with Crippen LogP contribution in [0.4, 0.5) is 20.4 Å². The van der Waals surface area contributed by atoms with Crippen molar-refractivity contribution in [1.82, 2.24) is 10.3 Å². The van der Waals surface area contributed by atoms with Gasteiger partial charge in [0, 0.05) is 19.7 Å². The van der Waals surface area contributed by atoms with Gasteiger partial charge >= 0.3 is 0 Å². The Kier molecular flexibility index (Phi) is 5.29. The number of rotatable bonds is 6. The van der Waals surface area contributed by atoms with Crippen LogP contribution in [0.2, 0.25) is 0 Å². The summed E-state index contributed by atoms with van der Waals surface area (Å²) < 4.78 is 26.5. The van der Waals surface area contributed by atoms with Gasteiger partial charge in [0.05, 0.1) is 6.54 Å². The highest BCUT2D eigenvalue weighted by Gasteiger charge is 2.11. The van der Waals surface area contributed by atoms with Crippen molar-refractivity contribution in [1.29, 1.82) is 0 Å². The second-order valence-electron chi connectivity index (χ2n) is 3.60. The first-order valence-electron chi connectivity index (χ1n) is 5.62. The highest BCUT2D eigenvalue weighted by atomic mass is 19.1. The van der Waals surface area contributed by atoms with Gasteiger partial charge in [-0.15, -0.1) is 0 Å². The molecule has 0 aliphatic heterocycles. The standard InChI is InChI=1S/C11H16F2N4O/c1-3-4-15-9(18)6-16-11-8(13)5-7(12)10(14-2)17-11/h5H,3-4,6H2,1-2H3,(H,15,18)(H2,14,16,17). The van der Waals surface area contributed by atoms with Crippen molar-refractivity contribution in [3.8, 4) is 0 Å². The predicted octanol–water partition coefficient (Wildman–Crippen LogP) is 1.34. The third kappa shape index (κ3) is 3.83. The van der Waals surface area contributed by atoms with Crippen LogP contribution in [0.3, 0.4) is 0 Å². The number of carbonyl (C=O) groups excluding carboxylic acids is 1. The molecule has 1 rings (SSSR count). The molecule has 0 spiro atoms. The summed E-state index contributed by atoms with van der Waals surface area (Å²) >= 11 is 0. The molecule has 0 saturated heterocycles. The highest BCUT2D eigenvalue weighted by molar-refractivity contribution is 5.80. The van der Waals surface area contributed by atoms with E-state index in [0.29, 0.717) is 12.6 Å².